The van der Waals surface area contributed by atoms with Crippen LogP contribution in [0.2, 0.25) is 0 Å². The molecule has 1 aliphatic heterocycles. The summed E-state index contributed by atoms with van der Waals surface area (Å²) in [6.07, 6.45) is 7.80. The summed E-state index contributed by atoms with van der Waals surface area (Å²) in [5, 5.41) is 10.4. The molecule has 0 aromatic heterocycles. The molecule has 1 N–H and O–H groups in total. The van der Waals surface area contributed by atoms with Crippen LogP contribution in [0, 0.1) is 34.5 Å². The summed E-state index contributed by atoms with van der Waals surface area (Å²) >= 11 is 0. The molecule has 0 radical (unpaired) electrons. The van der Waals surface area contributed by atoms with Crippen LogP contribution in [0.4, 0.5) is 0 Å². The molecule has 0 aromatic carbocycles. The van der Waals surface area contributed by atoms with Gasteiger partial charge in [-0.15, -0.1) is 0 Å². The lowest BCUT2D eigenvalue weighted by molar-refractivity contribution is -0.321. The Kier molecular flexibility index (Phi) is 11.8. The monoisotopic (exact) mass is 716 g/mol. The number of hydrogen-bond acceptors (Lipinski definition) is 11. The fourth-order valence-corrected chi connectivity index (χ4v) is 10.6. The molecule has 1 saturated heterocycles. The van der Waals surface area contributed by atoms with Crippen LogP contribution in [-0.2, 0) is 47.6 Å². The lowest BCUT2D eigenvalue weighted by Gasteiger charge is -2.55. The highest BCUT2D eigenvalue weighted by molar-refractivity contribution is 5.77. The number of carbonyl (C=O) groups is 4. The first kappa shape index (κ1) is 39.4. The van der Waals surface area contributed by atoms with Crippen LogP contribution in [0.15, 0.2) is 23.3 Å². The topological polar surface area (TPSA) is 144 Å². The van der Waals surface area contributed by atoms with E-state index in [9.17, 15) is 24.3 Å². The molecule has 3 saturated carbocycles. The van der Waals surface area contributed by atoms with Crippen molar-refractivity contribution in [3.05, 3.63) is 23.3 Å². The normalized spacial score (nSPS) is 38.1. The van der Waals surface area contributed by atoms with E-state index in [2.05, 4.69) is 32.9 Å². The van der Waals surface area contributed by atoms with Crippen molar-refractivity contribution < 1.29 is 52.7 Å². The van der Waals surface area contributed by atoms with Crippen LogP contribution >= 0.6 is 0 Å². The molecule has 286 valence electrons. The third kappa shape index (κ3) is 8.10. The predicted molar refractivity (Wildman–Crippen MR) is 187 cm³/mol. The van der Waals surface area contributed by atoms with E-state index in [1.165, 1.54) is 45.1 Å². The Morgan fingerprint density at radius 2 is 1.55 bits per heavy atom. The van der Waals surface area contributed by atoms with Gasteiger partial charge in [-0.3, -0.25) is 14.4 Å². The van der Waals surface area contributed by atoms with E-state index in [1.54, 1.807) is 5.57 Å². The first-order valence-corrected chi connectivity index (χ1v) is 18.9. The van der Waals surface area contributed by atoms with Crippen LogP contribution in [0.3, 0.4) is 0 Å². The summed E-state index contributed by atoms with van der Waals surface area (Å²) in [4.78, 5) is 49.3. The van der Waals surface area contributed by atoms with Crippen LogP contribution in [-0.4, -0.2) is 78.5 Å². The Bertz CT molecular complexity index is 1400. The van der Waals surface area contributed by atoms with Gasteiger partial charge < -0.3 is 33.5 Å². The molecule has 11 nitrogen and oxygen atoms in total. The maximum absolute atomic E-state index is 12.8. The second-order valence-electron chi connectivity index (χ2n) is 16.9. The van der Waals surface area contributed by atoms with Gasteiger partial charge in [-0.25, -0.2) is 4.79 Å². The minimum absolute atomic E-state index is 0.173. The van der Waals surface area contributed by atoms with Crippen molar-refractivity contribution in [3.8, 4) is 0 Å². The van der Waals surface area contributed by atoms with Gasteiger partial charge in [0.05, 0.1) is 18.8 Å². The molecule has 0 spiro atoms. The number of aliphatic hydroxyl groups is 1. The average Bonchev–Trinajstić information content (AvgIpc) is 3.40. The second-order valence-corrected chi connectivity index (χ2v) is 16.9. The first-order valence-electron chi connectivity index (χ1n) is 18.9. The van der Waals surface area contributed by atoms with Crippen LogP contribution in [0.1, 0.15) is 120 Å². The summed E-state index contributed by atoms with van der Waals surface area (Å²) < 4.78 is 33.8. The van der Waals surface area contributed by atoms with Gasteiger partial charge in [0.15, 0.2) is 30.7 Å². The Balaban J connectivity index is 1.25. The highest BCUT2D eigenvalue weighted by Crippen LogP contribution is 2.66. The number of allylic oxidation sites excluding steroid dienone is 3. The number of ether oxygens (including phenoxy) is 6. The average molecular weight is 717 g/mol. The second kappa shape index (κ2) is 15.3. The van der Waals surface area contributed by atoms with Crippen molar-refractivity contribution >= 4 is 23.9 Å². The third-order valence-corrected chi connectivity index (χ3v) is 13.0. The SMILES string of the molecule is COC(=O)[C@H]1O[C@@H](OC(C)(C)CCC[C@@H](C)[C@H]2CC[C@H]3C4=CC=C5C[C@@H](O)CC[C@]5(C)[C@H]4CC[C@]23C)[C@H](OC(C)=O)[C@@H](OC(C)=O)[C@@H]1OC(C)=O. The zero-order chi connectivity index (χ0) is 37.5. The van der Waals surface area contributed by atoms with E-state index in [1.807, 2.05) is 13.8 Å². The zero-order valence-electron chi connectivity index (χ0n) is 32.0. The van der Waals surface area contributed by atoms with Gasteiger partial charge in [-0.2, -0.15) is 0 Å². The summed E-state index contributed by atoms with van der Waals surface area (Å²) in [7, 11) is 1.16. The fourth-order valence-electron chi connectivity index (χ4n) is 10.6. The molecule has 5 rings (SSSR count). The fraction of sp³-hybridized carbons (Fsp3) is 0.800. The van der Waals surface area contributed by atoms with Gasteiger partial charge in [-0.1, -0.05) is 56.9 Å². The molecule has 0 bridgehead atoms. The van der Waals surface area contributed by atoms with Crippen LogP contribution in [0.5, 0.6) is 0 Å². The Morgan fingerprint density at radius 1 is 0.902 bits per heavy atom. The van der Waals surface area contributed by atoms with Gasteiger partial charge >= 0.3 is 23.9 Å². The van der Waals surface area contributed by atoms with Gasteiger partial charge in [0.1, 0.15) is 0 Å². The minimum Gasteiger partial charge on any atom is -0.467 e. The van der Waals surface area contributed by atoms with Crippen molar-refractivity contribution in [2.24, 2.45) is 34.5 Å². The Hall–Kier alpha value is -2.76. The maximum atomic E-state index is 12.8. The standard InChI is InChI=1S/C40H60O11/c1-22(29-14-15-30-28-13-12-26-21-27(44)16-19-39(26,7)31(28)17-20-40(29,30)8)11-10-18-38(5,6)51-37-35(49-25(4)43)33(48-24(3)42)32(47-23(2)41)34(50-37)36(45)46-9/h12-13,22,27,29-35,37,44H,10-11,14-21H2,1-9H3/t22-,27+,29-,30+,31+,32+,33+,34+,35-,37+,39+,40-/m1/s1. The summed E-state index contributed by atoms with van der Waals surface area (Å²) in [5.41, 5.74) is 2.73. The summed E-state index contributed by atoms with van der Waals surface area (Å²) in [6.45, 7) is 14.7. The molecular formula is C40H60O11. The Labute approximate surface area is 303 Å². The molecule has 51 heavy (non-hydrogen) atoms. The number of aliphatic hydroxyl groups excluding tert-OH is 1. The lowest BCUT2D eigenvalue weighted by Crippen LogP contribution is -2.64. The van der Waals surface area contributed by atoms with E-state index >= 15 is 0 Å². The Morgan fingerprint density at radius 3 is 2.20 bits per heavy atom. The van der Waals surface area contributed by atoms with Crippen molar-refractivity contribution in [3.63, 3.8) is 0 Å². The summed E-state index contributed by atoms with van der Waals surface area (Å²) in [6, 6.07) is 0. The van der Waals surface area contributed by atoms with Gasteiger partial charge in [0, 0.05) is 20.8 Å². The van der Waals surface area contributed by atoms with E-state index in [0.717, 1.165) is 46.1 Å². The van der Waals surface area contributed by atoms with Crippen molar-refractivity contribution in [1.29, 1.82) is 0 Å². The third-order valence-electron chi connectivity index (χ3n) is 13.0. The highest BCUT2D eigenvalue weighted by atomic mass is 16.7. The number of fused-ring (bicyclic) bond motifs is 5. The van der Waals surface area contributed by atoms with Gasteiger partial charge in [0.2, 0.25) is 0 Å². The molecule has 0 amide bonds. The molecule has 4 fully saturated rings. The molecule has 0 aromatic rings. The van der Waals surface area contributed by atoms with E-state index < -0.39 is 60.2 Å². The number of esters is 4. The number of hydrogen-bond donors (Lipinski definition) is 1. The zero-order valence-corrected chi connectivity index (χ0v) is 32.0. The molecule has 11 heteroatoms. The number of carbonyl (C=O) groups excluding carboxylic acids is 4. The minimum atomic E-state index is -1.49. The number of rotatable bonds is 11. The van der Waals surface area contributed by atoms with Gasteiger partial charge in [-0.05, 0) is 99.7 Å². The van der Waals surface area contributed by atoms with Crippen LogP contribution in [0.25, 0.3) is 0 Å². The van der Waals surface area contributed by atoms with Crippen molar-refractivity contribution in [2.45, 2.75) is 162 Å². The van der Waals surface area contributed by atoms with E-state index in [-0.39, 0.29) is 16.9 Å². The highest BCUT2D eigenvalue weighted by Gasteiger charge is 2.58. The van der Waals surface area contributed by atoms with Gasteiger partial charge in [0.25, 0.3) is 0 Å². The molecule has 4 aliphatic carbocycles. The molecule has 5 aliphatic rings. The largest absolute Gasteiger partial charge is 0.467 e. The maximum Gasteiger partial charge on any atom is 0.339 e. The quantitative estimate of drug-likeness (QED) is 0.195. The molecular weight excluding hydrogens is 656 g/mol. The first-order chi connectivity index (χ1) is 23.9. The molecule has 1 heterocycles. The summed E-state index contributed by atoms with van der Waals surface area (Å²) in [5.74, 6) is -0.740. The van der Waals surface area contributed by atoms with Crippen molar-refractivity contribution in [2.75, 3.05) is 7.11 Å². The lowest BCUT2D eigenvalue weighted by atomic mass is 9.50. The number of methoxy groups -OCH3 is 1. The van der Waals surface area contributed by atoms with Crippen molar-refractivity contribution in [1.82, 2.24) is 0 Å². The predicted octanol–water partition coefficient (Wildman–Crippen LogP) is 6.14. The van der Waals surface area contributed by atoms with E-state index in [0.29, 0.717) is 30.1 Å². The molecule has 0 unspecified atom stereocenters. The van der Waals surface area contributed by atoms with Crippen LogP contribution < -0.4 is 0 Å². The smallest absolute Gasteiger partial charge is 0.339 e. The van der Waals surface area contributed by atoms with E-state index in [4.69, 9.17) is 28.4 Å². The molecule has 12 atom stereocenters.